The molecule has 3 aromatic rings. The van der Waals surface area contributed by atoms with Gasteiger partial charge in [0.05, 0.1) is 25.1 Å². The van der Waals surface area contributed by atoms with E-state index in [4.69, 9.17) is 37.4 Å². The van der Waals surface area contributed by atoms with Gasteiger partial charge in [-0.1, -0.05) is 41.4 Å². The lowest BCUT2D eigenvalue weighted by Gasteiger charge is -2.26. The summed E-state index contributed by atoms with van der Waals surface area (Å²) in [6.45, 7) is 4.68. The van der Waals surface area contributed by atoms with Gasteiger partial charge >= 0.3 is 5.97 Å². The van der Waals surface area contributed by atoms with Crippen LogP contribution >= 0.6 is 23.2 Å². The van der Waals surface area contributed by atoms with E-state index >= 15 is 0 Å². The number of hydrogen-bond acceptors (Lipinski definition) is 7. The third kappa shape index (κ3) is 6.42. The normalized spacial score (nSPS) is 14.1. The number of ether oxygens (including phenoxy) is 3. The summed E-state index contributed by atoms with van der Waals surface area (Å²) in [5.74, 6) is 0.0473. The number of carbonyl (C=O) groups excluding carboxylic acids is 1. The van der Waals surface area contributed by atoms with Gasteiger partial charge in [-0.25, -0.2) is 14.8 Å². The van der Waals surface area contributed by atoms with Crippen molar-refractivity contribution in [3.63, 3.8) is 0 Å². The summed E-state index contributed by atoms with van der Waals surface area (Å²) in [5, 5.41) is 0.842. The zero-order chi connectivity index (χ0) is 23.0. The molecule has 0 bridgehead atoms. The summed E-state index contributed by atoms with van der Waals surface area (Å²) in [4.78, 5) is 23.2. The van der Waals surface area contributed by atoms with Crippen LogP contribution in [0.5, 0.6) is 5.75 Å². The monoisotopic (exact) mass is 486 g/mol. The van der Waals surface area contributed by atoms with Gasteiger partial charge < -0.3 is 14.2 Å². The van der Waals surface area contributed by atoms with Crippen LogP contribution in [0.2, 0.25) is 10.0 Å². The molecule has 0 spiro atoms. The molecule has 1 aromatic heterocycles. The van der Waals surface area contributed by atoms with Gasteiger partial charge in [-0.3, -0.25) is 4.90 Å². The molecule has 4 rings (SSSR count). The molecule has 0 amide bonds. The maximum atomic E-state index is 12.5. The Morgan fingerprint density at radius 1 is 1.12 bits per heavy atom. The molecular weight excluding hydrogens is 465 g/mol. The van der Waals surface area contributed by atoms with Crippen LogP contribution in [-0.4, -0.2) is 60.3 Å². The van der Waals surface area contributed by atoms with Crippen LogP contribution in [0, 0.1) is 6.20 Å². The lowest BCUT2D eigenvalue weighted by Crippen LogP contribution is -2.38. The van der Waals surface area contributed by atoms with Crippen molar-refractivity contribution >= 4 is 29.2 Å². The van der Waals surface area contributed by atoms with Crippen LogP contribution in [0.15, 0.2) is 48.7 Å². The minimum Gasteiger partial charge on any atom is -0.492 e. The van der Waals surface area contributed by atoms with E-state index in [-0.39, 0.29) is 12.3 Å². The Morgan fingerprint density at radius 3 is 2.67 bits per heavy atom. The van der Waals surface area contributed by atoms with Crippen LogP contribution in [0.1, 0.15) is 16.1 Å². The zero-order valence-electron chi connectivity index (χ0n) is 17.8. The summed E-state index contributed by atoms with van der Waals surface area (Å²) in [7, 11) is 0. The average molecular weight is 487 g/mol. The SMILES string of the molecule is O=C(OCc1c(Cl)cccc1Cl)c1[c]ncc(-c2cccc(OCCN3CCOCC3)c2)n1. The Kier molecular flexibility index (Phi) is 8.12. The highest BCUT2D eigenvalue weighted by molar-refractivity contribution is 6.35. The molecule has 0 atom stereocenters. The lowest BCUT2D eigenvalue weighted by molar-refractivity contribution is 0.0322. The Morgan fingerprint density at radius 2 is 1.88 bits per heavy atom. The molecule has 2 aromatic carbocycles. The van der Waals surface area contributed by atoms with E-state index in [2.05, 4.69) is 21.1 Å². The zero-order valence-corrected chi connectivity index (χ0v) is 19.3. The van der Waals surface area contributed by atoms with E-state index in [0.717, 1.165) is 38.4 Å². The van der Waals surface area contributed by atoms with E-state index in [0.29, 0.717) is 33.7 Å². The standard InChI is InChI=1S/C24H22Cl2N3O4/c25-20-5-2-6-21(26)19(20)16-33-24(30)23-15-27-14-22(28-23)17-3-1-4-18(13-17)32-12-9-29-7-10-31-11-8-29/h1-6,13-14H,7-12,16H2. The van der Waals surface area contributed by atoms with Gasteiger partial charge in [-0.05, 0) is 24.3 Å². The molecule has 1 saturated heterocycles. The summed E-state index contributed by atoms with van der Waals surface area (Å²) in [6, 6.07) is 12.6. The van der Waals surface area contributed by atoms with Gasteiger partial charge in [-0.15, -0.1) is 0 Å². The molecule has 0 N–H and O–H groups in total. The van der Waals surface area contributed by atoms with Crippen LogP contribution in [-0.2, 0) is 16.1 Å². The van der Waals surface area contributed by atoms with Crippen molar-refractivity contribution in [1.29, 1.82) is 0 Å². The molecule has 9 heteroatoms. The smallest absolute Gasteiger partial charge is 0.359 e. The number of aromatic nitrogens is 2. The third-order valence-corrected chi connectivity index (χ3v) is 5.81. The number of halogens is 2. The Labute approximate surface area is 202 Å². The third-order valence-electron chi connectivity index (χ3n) is 5.10. The molecule has 33 heavy (non-hydrogen) atoms. The van der Waals surface area contributed by atoms with E-state index in [9.17, 15) is 4.79 Å². The van der Waals surface area contributed by atoms with Gasteiger partial charge in [0, 0.05) is 40.8 Å². The predicted molar refractivity (Wildman–Crippen MR) is 125 cm³/mol. The van der Waals surface area contributed by atoms with Crippen molar-refractivity contribution in [3.05, 3.63) is 76.2 Å². The minimum absolute atomic E-state index is 0.0330. The summed E-state index contributed by atoms with van der Waals surface area (Å²) >= 11 is 12.3. The van der Waals surface area contributed by atoms with E-state index in [1.54, 1.807) is 18.2 Å². The number of nitrogens with zero attached hydrogens (tertiary/aromatic N) is 3. The Bertz CT molecular complexity index is 1090. The predicted octanol–water partition coefficient (Wildman–Crippen LogP) is 4.32. The fraction of sp³-hybridized carbons (Fsp3) is 0.292. The highest BCUT2D eigenvalue weighted by atomic mass is 35.5. The first-order valence-corrected chi connectivity index (χ1v) is 11.2. The number of carbonyl (C=O) groups is 1. The fourth-order valence-electron chi connectivity index (χ4n) is 3.30. The van der Waals surface area contributed by atoms with Crippen LogP contribution in [0.4, 0.5) is 0 Å². The quantitative estimate of drug-likeness (QED) is 0.439. The molecule has 0 aliphatic carbocycles. The molecule has 0 saturated carbocycles. The van der Waals surface area contributed by atoms with E-state index in [1.165, 1.54) is 6.20 Å². The lowest BCUT2D eigenvalue weighted by atomic mass is 10.1. The van der Waals surface area contributed by atoms with Crippen molar-refractivity contribution in [3.8, 4) is 17.0 Å². The number of benzene rings is 2. The second-order valence-electron chi connectivity index (χ2n) is 7.32. The van der Waals surface area contributed by atoms with Crippen LogP contribution in [0.3, 0.4) is 0 Å². The van der Waals surface area contributed by atoms with Crippen LogP contribution < -0.4 is 4.74 Å². The molecule has 1 radical (unpaired) electrons. The van der Waals surface area contributed by atoms with E-state index in [1.807, 2.05) is 24.3 Å². The van der Waals surface area contributed by atoms with Crippen molar-refractivity contribution in [2.45, 2.75) is 6.61 Å². The van der Waals surface area contributed by atoms with Crippen molar-refractivity contribution in [2.75, 3.05) is 39.5 Å². The molecular formula is C24H22Cl2N3O4. The Balaban J connectivity index is 1.38. The van der Waals surface area contributed by atoms with Gasteiger partial charge in [-0.2, -0.15) is 0 Å². The largest absolute Gasteiger partial charge is 0.492 e. The summed E-state index contributed by atoms with van der Waals surface area (Å²) in [5.41, 5.74) is 1.77. The number of hydrogen-bond donors (Lipinski definition) is 0. The average Bonchev–Trinajstić information content (AvgIpc) is 2.84. The van der Waals surface area contributed by atoms with Crippen molar-refractivity contribution in [2.24, 2.45) is 0 Å². The van der Waals surface area contributed by atoms with Gasteiger partial charge in [0.1, 0.15) is 25.2 Å². The molecule has 2 heterocycles. The first kappa shape index (κ1) is 23.4. The molecule has 1 aliphatic heterocycles. The van der Waals surface area contributed by atoms with Gasteiger partial charge in [0.2, 0.25) is 0 Å². The first-order chi connectivity index (χ1) is 16.1. The molecule has 1 fully saturated rings. The second kappa shape index (κ2) is 11.4. The minimum atomic E-state index is -0.668. The first-order valence-electron chi connectivity index (χ1n) is 10.5. The highest BCUT2D eigenvalue weighted by Crippen LogP contribution is 2.26. The maximum Gasteiger partial charge on any atom is 0.359 e. The van der Waals surface area contributed by atoms with Gasteiger partial charge in [0.15, 0.2) is 5.69 Å². The van der Waals surface area contributed by atoms with Crippen molar-refractivity contribution < 1.29 is 19.0 Å². The number of rotatable bonds is 8. The van der Waals surface area contributed by atoms with Crippen molar-refractivity contribution in [1.82, 2.24) is 14.9 Å². The molecule has 7 nitrogen and oxygen atoms in total. The second-order valence-corrected chi connectivity index (χ2v) is 8.14. The number of esters is 1. The molecule has 0 unspecified atom stereocenters. The summed E-state index contributed by atoms with van der Waals surface area (Å²) in [6.07, 6.45) is 4.12. The van der Waals surface area contributed by atoms with Gasteiger partial charge in [0.25, 0.3) is 0 Å². The number of morpholine rings is 1. The Hall–Kier alpha value is -2.71. The molecule has 171 valence electrons. The highest BCUT2D eigenvalue weighted by Gasteiger charge is 2.15. The maximum absolute atomic E-state index is 12.5. The van der Waals surface area contributed by atoms with Crippen LogP contribution in [0.25, 0.3) is 11.3 Å². The fourth-order valence-corrected chi connectivity index (χ4v) is 3.80. The van der Waals surface area contributed by atoms with E-state index < -0.39 is 5.97 Å². The topological polar surface area (TPSA) is 73.8 Å². The summed E-state index contributed by atoms with van der Waals surface area (Å²) < 4.78 is 16.6. The molecule has 1 aliphatic rings.